The van der Waals surface area contributed by atoms with Crippen LogP contribution in [0.25, 0.3) is 0 Å². The van der Waals surface area contributed by atoms with E-state index in [9.17, 15) is 4.39 Å². The molecule has 0 aliphatic carbocycles. The van der Waals surface area contributed by atoms with Crippen LogP contribution in [0.15, 0.2) is 18.2 Å². The van der Waals surface area contributed by atoms with Crippen molar-refractivity contribution in [1.82, 2.24) is 4.90 Å². The second-order valence-corrected chi connectivity index (χ2v) is 4.91. The van der Waals surface area contributed by atoms with Gasteiger partial charge in [0.2, 0.25) is 0 Å². The Morgan fingerprint density at radius 2 is 1.82 bits per heavy atom. The Labute approximate surface area is 103 Å². The van der Waals surface area contributed by atoms with Crippen LogP contribution < -0.4 is 5.73 Å². The van der Waals surface area contributed by atoms with E-state index in [4.69, 9.17) is 5.73 Å². The number of nitrogens with two attached hydrogens (primary N) is 1. The zero-order chi connectivity index (χ0) is 12.3. The highest BCUT2D eigenvalue weighted by atomic mass is 19.1. The highest BCUT2D eigenvalue weighted by molar-refractivity contribution is 5.43. The first-order valence-corrected chi connectivity index (χ1v) is 6.47. The first-order chi connectivity index (χ1) is 8.18. The Kier molecular flexibility index (Phi) is 4.00. The maximum Gasteiger partial charge on any atom is 0.146 e. The second-order valence-electron chi connectivity index (χ2n) is 4.91. The molecule has 0 bridgehead atoms. The Morgan fingerprint density at radius 3 is 2.41 bits per heavy atom. The molecule has 2 nitrogen and oxygen atoms in total. The minimum atomic E-state index is -0.322. The number of likely N-dealkylation sites (tertiary alicyclic amines) is 1. The zero-order valence-electron chi connectivity index (χ0n) is 10.5. The topological polar surface area (TPSA) is 29.3 Å². The minimum absolute atomic E-state index is 0.254. The molecule has 1 aromatic carbocycles. The van der Waals surface area contributed by atoms with Crippen LogP contribution in [0.1, 0.15) is 44.2 Å². The maximum absolute atomic E-state index is 13.1. The summed E-state index contributed by atoms with van der Waals surface area (Å²) in [6.07, 6.45) is 5.19. The van der Waals surface area contributed by atoms with E-state index >= 15 is 0 Å². The van der Waals surface area contributed by atoms with Crippen molar-refractivity contribution < 1.29 is 4.39 Å². The molecule has 2 rings (SSSR count). The van der Waals surface area contributed by atoms with Gasteiger partial charge in [-0.25, -0.2) is 4.39 Å². The van der Waals surface area contributed by atoms with Crippen molar-refractivity contribution in [1.29, 1.82) is 0 Å². The van der Waals surface area contributed by atoms with Crippen molar-refractivity contribution in [3.63, 3.8) is 0 Å². The fourth-order valence-corrected chi connectivity index (χ4v) is 2.52. The lowest BCUT2D eigenvalue weighted by molar-refractivity contribution is 0.219. The summed E-state index contributed by atoms with van der Waals surface area (Å²) in [5, 5.41) is 0. The summed E-state index contributed by atoms with van der Waals surface area (Å²) in [4.78, 5) is 2.47. The fourth-order valence-electron chi connectivity index (χ4n) is 2.52. The lowest BCUT2D eigenvalue weighted by Gasteiger charge is -2.28. The van der Waals surface area contributed by atoms with Gasteiger partial charge < -0.3 is 5.73 Å². The minimum Gasteiger partial charge on any atom is -0.396 e. The normalized spacial score (nSPS) is 19.9. The highest BCUT2D eigenvalue weighted by Crippen LogP contribution is 2.25. The van der Waals surface area contributed by atoms with Crippen LogP contribution in [0.2, 0.25) is 0 Å². The van der Waals surface area contributed by atoms with E-state index in [-0.39, 0.29) is 11.5 Å². The molecular weight excluding hydrogens is 215 g/mol. The number of anilines is 1. The highest BCUT2D eigenvalue weighted by Gasteiger charge is 2.17. The predicted molar refractivity (Wildman–Crippen MR) is 69.3 cm³/mol. The van der Waals surface area contributed by atoms with E-state index < -0.39 is 0 Å². The van der Waals surface area contributed by atoms with Crippen LogP contribution in [-0.2, 0) is 0 Å². The van der Waals surface area contributed by atoms with Crippen LogP contribution in [-0.4, -0.2) is 18.0 Å². The molecule has 0 radical (unpaired) electrons. The maximum atomic E-state index is 13.1. The van der Waals surface area contributed by atoms with Crippen LogP contribution in [0, 0.1) is 5.82 Å². The molecule has 0 aromatic heterocycles. The molecule has 0 spiro atoms. The molecule has 1 aliphatic rings. The van der Waals surface area contributed by atoms with E-state index in [2.05, 4.69) is 11.8 Å². The molecule has 1 aromatic rings. The number of benzene rings is 1. The molecule has 1 heterocycles. The van der Waals surface area contributed by atoms with Gasteiger partial charge in [-0.05, 0) is 50.6 Å². The van der Waals surface area contributed by atoms with Crippen molar-refractivity contribution in [2.45, 2.75) is 38.6 Å². The third kappa shape index (κ3) is 2.97. The average molecular weight is 236 g/mol. The monoisotopic (exact) mass is 236 g/mol. The number of hydrogen-bond acceptors (Lipinski definition) is 2. The van der Waals surface area contributed by atoms with Crippen molar-refractivity contribution in [2.24, 2.45) is 0 Å². The second kappa shape index (κ2) is 5.50. The largest absolute Gasteiger partial charge is 0.396 e. The lowest BCUT2D eigenvalue weighted by atomic mass is 10.1. The van der Waals surface area contributed by atoms with E-state index in [1.165, 1.54) is 31.7 Å². The Morgan fingerprint density at radius 1 is 1.18 bits per heavy atom. The molecule has 1 unspecified atom stereocenters. The Hall–Kier alpha value is -1.09. The first-order valence-electron chi connectivity index (χ1n) is 6.47. The zero-order valence-corrected chi connectivity index (χ0v) is 10.5. The van der Waals surface area contributed by atoms with Crippen LogP contribution in [0.5, 0.6) is 0 Å². The summed E-state index contributed by atoms with van der Waals surface area (Å²) in [7, 11) is 0. The van der Waals surface area contributed by atoms with Crippen molar-refractivity contribution >= 4 is 5.69 Å². The summed E-state index contributed by atoms with van der Waals surface area (Å²) in [6, 6.07) is 5.42. The number of halogens is 1. The molecule has 1 saturated heterocycles. The van der Waals surface area contributed by atoms with Crippen LogP contribution >= 0.6 is 0 Å². The van der Waals surface area contributed by atoms with Gasteiger partial charge in [0, 0.05) is 6.04 Å². The number of nitrogen functional groups attached to an aromatic ring is 1. The van der Waals surface area contributed by atoms with Gasteiger partial charge in [0.05, 0.1) is 5.69 Å². The molecule has 0 saturated carbocycles. The summed E-state index contributed by atoms with van der Waals surface area (Å²) in [6.45, 7) is 4.45. The molecular formula is C14H21FN2. The van der Waals surface area contributed by atoms with E-state index in [1.807, 2.05) is 6.07 Å². The third-order valence-electron chi connectivity index (χ3n) is 3.69. The van der Waals surface area contributed by atoms with Crippen molar-refractivity contribution in [2.75, 3.05) is 18.8 Å². The Balaban J connectivity index is 2.11. The first kappa shape index (κ1) is 12.4. The molecule has 1 fully saturated rings. The number of nitrogens with zero attached hydrogens (tertiary/aromatic N) is 1. The molecule has 2 N–H and O–H groups in total. The number of hydrogen-bond donors (Lipinski definition) is 1. The van der Waals surface area contributed by atoms with Gasteiger partial charge in [0.15, 0.2) is 0 Å². The lowest BCUT2D eigenvalue weighted by Crippen LogP contribution is -2.28. The SMILES string of the molecule is CC(c1ccc(F)c(N)c1)N1CCCCCC1. The van der Waals surface area contributed by atoms with Gasteiger partial charge in [-0.2, -0.15) is 0 Å². The van der Waals surface area contributed by atoms with Crippen molar-refractivity contribution in [3.8, 4) is 0 Å². The average Bonchev–Trinajstić information content (AvgIpc) is 2.60. The van der Waals surface area contributed by atoms with Crippen LogP contribution in [0.3, 0.4) is 0 Å². The van der Waals surface area contributed by atoms with Gasteiger partial charge in [0.25, 0.3) is 0 Å². The van der Waals surface area contributed by atoms with E-state index in [0.29, 0.717) is 6.04 Å². The smallest absolute Gasteiger partial charge is 0.146 e. The molecule has 1 atom stereocenters. The van der Waals surface area contributed by atoms with Gasteiger partial charge in [-0.1, -0.05) is 18.9 Å². The quantitative estimate of drug-likeness (QED) is 0.798. The standard InChI is InChI=1S/C14H21FN2/c1-11(17-8-4-2-3-5-9-17)12-6-7-13(15)14(16)10-12/h6-7,10-11H,2-5,8-9,16H2,1H3. The van der Waals surface area contributed by atoms with E-state index in [1.54, 1.807) is 6.07 Å². The van der Waals surface area contributed by atoms with Crippen LogP contribution in [0.4, 0.5) is 10.1 Å². The number of rotatable bonds is 2. The van der Waals surface area contributed by atoms with E-state index in [0.717, 1.165) is 18.7 Å². The fraction of sp³-hybridized carbons (Fsp3) is 0.571. The molecule has 0 amide bonds. The molecule has 1 aliphatic heterocycles. The predicted octanol–water partition coefficient (Wildman–Crippen LogP) is 3.34. The molecule has 3 heteroatoms. The molecule has 17 heavy (non-hydrogen) atoms. The van der Waals surface area contributed by atoms with Gasteiger partial charge >= 0.3 is 0 Å². The van der Waals surface area contributed by atoms with Gasteiger partial charge in [0.1, 0.15) is 5.82 Å². The third-order valence-corrected chi connectivity index (χ3v) is 3.69. The summed E-state index contributed by atoms with van der Waals surface area (Å²) in [5.41, 5.74) is 7.00. The van der Waals surface area contributed by atoms with Crippen molar-refractivity contribution in [3.05, 3.63) is 29.6 Å². The van der Waals surface area contributed by atoms with Gasteiger partial charge in [-0.3, -0.25) is 4.90 Å². The summed E-state index contributed by atoms with van der Waals surface area (Å²) in [5.74, 6) is -0.322. The summed E-state index contributed by atoms with van der Waals surface area (Å²) >= 11 is 0. The van der Waals surface area contributed by atoms with Gasteiger partial charge in [-0.15, -0.1) is 0 Å². The summed E-state index contributed by atoms with van der Waals surface area (Å²) < 4.78 is 13.1. The Bertz CT molecular complexity index is 370. The molecule has 94 valence electrons.